The van der Waals surface area contributed by atoms with Crippen LogP contribution in [0, 0.1) is 0 Å². The van der Waals surface area contributed by atoms with Crippen LogP contribution < -0.4 is 0 Å². The summed E-state index contributed by atoms with van der Waals surface area (Å²) in [6.07, 6.45) is 0. The van der Waals surface area contributed by atoms with Crippen molar-refractivity contribution < 1.29 is 9.90 Å². The van der Waals surface area contributed by atoms with Gasteiger partial charge in [0.1, 0.15) is 0 Å². The molecule has 0 radical (unpaired) electrons. The average molecular weight is 282 g/mol. The molecule has 0 amide bonds. The predicted molar refractivity (Wildman–Crippen MR) is 73.6 cm³/mol. The summed E-state index contributed by atoms with van der Waals surface area (Å²) in [6.45, 7) is 3.99. The molecule has 0 aliphatic carbocycles. The molecule has 2 rings (SSSR count). The lowest BCUT2D eigenvalue weighted by molar-refractivity contribution is 0.0692. The van der Waals surface area contributed by atoms with E-state index in [4.69, 9.17) is 11.6 Å². The first-order valence-electron chi connectivity index (χ1n) is 5.49. The Kier molecular flexibility index (Phi) is 3.68. The first-order chi connectivity index (χ1) is 8.49. The molecule has 1 aromatic heterocycles. The number of aromatic nitrogens is 1. The molecule has 0 aliphatic rings. The van der Waals surface area contributed by atoms with Gasteiger partial charge in [0, 0.05) is 10.9 Å². The largest absolute Gasteiger partial charge is 0.476 e. The third kappa shape index (κ3) is 2.54. The van der Waals surface area contributed by atoms with Gasteiger partial charge < -0.3 is 5.11 Å². The van der Waals surface area contributed by atoms with E-state index in [-0.39, 0.29) is 11.6 Å². The molecule has 1 N–H and O–H groups in total. The molecule has 2 aromatic rings. The SMILES string of the molecule is CC(C)c1nc(C(=O)O)c(-c2ccc(Cl)cc2)s1. The van der Waals surface area contributed by atoms with Crippen molar-refractivity contribution in [1.29, 1.82) is 0 Å². The van der Waals surface area contributed by atoms with Crippen molar-refractivity contribution in [3.63, 3.8) is 0 Å². The number of aromatic carboxylic acids is 1. The van der Waals surface area contributed by atoms with E-state index in [1.807, 2.05) is 26.0 Å². The Morgan fingerprint density at radius 3 is 2.44 bits per heavy atom. The molecule has 0 saturated carbocycles. The number of halogens is 1. The molecule has 94 valence electrons. The van der Waals surface area contributed by atoms with Crippen molar-refractivity contribution in [3.8, 4) is 10.4 Å². The fraction of sp³-hybridized carbons (Fsp3) is 0.231. The van der Waals surface area contributed by atoms with Gasteiger partial charge in [0.15, 0.2) is 5.69 Å². The highest BCUT2D eigenvalue weighted by Gasteiger charge is 2.19. The van der Waals surface area contributed by atoms with Crippen molar-refractivity contribution in [3.05, 3.63) is 40.0 Å². The van der Waals surface area contributed by atoms with Gasteiger partial charge in [-0.25, -0.2) is 9.78 Å². The Morgan fingerprint density at radius 2 is 1.94 bits per heavy atom. The number of carbonyl (C=O) groups is 1. The maximum atomic E-state index is 11.2. The highest BCUT2D eigenvalue weighted by molar-refractivity contribution is 7.15. The van der Waals surface area contributed by atoms with Crippen LogP contribution in [0.5, 0.6) is 0 Å². The summed E-state index contributed by atoms with van der Waals surface area (Å²) >= 11 is 7.25. The van der Waals surface area contributed by atoms with Crippen LogP contribution in [-0.4, -0.2) is 16.1 Å². The molecule has 18 heavy (non-hydrogen) atoms. The summed E-state index contributed by atoms with van der Waals surface area (Å²) in [6, 6.07) is 7.12. The van der Waals surface area contributed by atoms with Crippen LogP contribution in [0.15, 0.2) is 24.3 Å². The van der Waals surface area contributed by atoms with E-state index in [0.717, 1.165) is 10.6 Å². The number of carboxylic acids is 1. The first-order valence-corrected chi connectivity index (χ1v) is 6.68. The maximum absolute atomic E-state index is 11.2. The molecule has 1 aromatic carbocycles. The second-order valence-electron chi connectivity index (χ2n) is 4.20. The van der Waals surface area contributed by atoms with Crippen molar-refractivity contribution in [1.82, 2.24) is 4.98 Å². The Bertz CT molecular complexity index is 575. The molecule has 1 heterocycles. The zero-order chi connectivity index (χ0) is 13.3. The molecular weight excluding hydrogens is 270 g/mol. The second kappa shape index (κ2) is 5.08. The first kappa shape index (κ1) is 13.1. The molecule has 5 heteroatoms. The number of nitrogens with zero attached hydrogens (tertiary/aromatic N) is 1. The van der Waals surface area contributed by atoms with Crippen LogP contribution in [0.2, 0.25) is 5.02 Å². The van der Waals surface area contributed by atoms with Gasteiger partial charge in [0.25, 0.3) is 0 Å². The van der Waals surface area contributed by atoms with E-state index in [1.165, 1.54) is 11.3 Å². The molecule has 0 saturated heterocycles. The number of hydrogen-bond donors (Lipinski definition) is 1. The van der Waals surface area contributed by atoms with Crippen LogP contribution in [0.25, 0.3) is 10.4 Å². The minimum atomic E-state index is -0.997. The van der Waals surface area contributed by atoms with Gasteiger partial charge in [-0.05, 0) is 17.7 Å². The van der Waals surface area contributed by atoms with E-state index in [9.17, 15) is 9.90 Å². The third-order valence-corrected chi connectivity index (χ3v) is 4.10. The van der Waals surface area contributed by atoms with Gasteiger partial charge in [0.05, 0.1) is 9.88 Å². The summed E-state index contributed by atoms with van der Waals surface area (Å²) in [5, 5.41) is 10.7. The number of thiazole rings is 1. The van der Waals surface area contributed by atoms with E-state index < -0.39 is 5.97 Å². The molecule has 0 spiro atoms. The van der Waals surface area contributed by atoms with Gasteiger partial charge in [0.2, 0.25) is 0 Å². The summed E-state index contributed by atoms with van der Waals surface area (Å²) in [7, 11) is 0. The van der Waals surface area contributed by atoms with E-state index >= 15 is 0 Å². The summed E-state index contributed by atoms with van der Waals surface area (Å²) in [5.74, 6) is -0.780. The lowest BCUT2D eigenvalue weighted by atomic mass is 10.1. The molecule has 0 atom stereocenters. The lowest BCUT2D eigenvalue weighted by Gasteiger charge is -1.99. The van der Waals surface area contributed by atoms with Crippen molar-refractivity contribution >= 4 is 28.9 Å². The molecule has 0 aliphatic heterocycles. The normalized spacial score (nSPS) is 10.9. The highest BCUT2D eigenvalue weighted by atomic mass is 35.5. The minimum Gasteiger partial charge on any atom is -0.476 e. The molecular formula is C13H12ClNO2S. The number of carboxylic acid groups (broad SMARTS) is 1. The maximum Gasteiger partial charge on any atom is 0.356 e. The molecule has 0 fully saturated rings. The third-order valence-electron chi connectivity index (χ3n) is 2.45. The smallest absolute Gasteiger partial charge is 0.356 e. The fourth-order valence-corrected chi connectivity index (χ4v) is 2.72. The van der Waals surface area contributed by atoms with Gasteiger partial charge in [-0.1, -0.05) is 37.6 Å². The van der Waals surface area contributed by atoms with Crippen LogP contribution in [-0.2, 0) is 0 Å². The second-order valence-corrected chi connectivity index (χ2v) is 5.66. The fourth-order valence-electron chi connectivity index (χ4n) is 1.53. The predicted octanol–water partition coefficient (Wildman–Crippen LogP) is 4.29. The van der Waals surface area contributed by atoms with E-state index in [0.29, 0.717) is 9.90 Å². The summed E-state index contributed by atoms with van der Waals surface area (Å²) < 4.78 is 0. The topological polar surface area (TPSA) is 50.2 Å². The van der Waals surface area contributed by atoms with Gasteiger partial charge in [-0.15, -0.1) is 11.3 Å². The number of rotatable bonds is 3. The number of hydrogen-bond acceptors (Lipinski definition) is 3. The Balaban J connectivity index is 2.55. The van der Waals surface area contributed by atoms with E-state index in [2.05, 4.69) is 4.98 Å². The zero-order valence-corrected chi connectivity index (χ0v) is 11.5. The van der Waals surface area contributed by atoms with Crippen molar-refractivity contribution in [2.75, 3.05) is 0 Å². The van der Waals surface area contributed by atoms with Crippen LogP contribution in [0.1, 0.15) is 35.3 Å². The Hall–Kier alpha value is -1.39. The monoisotopic (exact) mass is 281 g/mol. The highest BCUT2D eigenvalue weighted by Crippen LogP contribution is 2.34. The average Bonchev–Trinajstić information content (AvgIpc) is 2.75. The molecule has 3 nitrogen and oxygen atoms in total. The van der Waals surface area contributed by atoms with Gasteiger partial charge >= 0.3 is 5.97 Å². The van der Waals surface area contributed by atoms with Crippen LogP contribution >= 0.6 is 22.9 Å². The summed E-state index contributed by atoms with van der Waals surface area (Å²) in [5.41, 5.74) is 0.951. The van der Waals surface area contributed by atoms with Gasteiger partial charge in [-0.2, -0.15) is 0 Å². The molecule has 0 bridgehead atoms. The lowest BCUT2D eigenvalue weighted by Crippen LogP contribution is -1.99. The van der Waals surface area contributed by atoms with Crippen LogP contribution in [0.3, 0.4) is 0 Å². The molecule has 0 unspecified atom stereocenters. The Morgan fingerprint density at radius 1 is 1.33 bits per heavy atom. The van der Waals surface area contributed by atoms with E-state index in [1.54, 1.807) is 12.1 Å². The zero-order valence-electron chi connectivity index (χ0n) is 9.98. The quantitative estimate of drug-likeness (QED) is 0.913. The number of benzene rings is 1. The minimum absolute atomic E-state index is 0.117. The summed E-state index contributed by atoms with van der Waals surface area (Å²) in [4.78, 5) is 16.1. The standard InChI is InChI=1S/C13H12ClNO2S/c1-7(2)12-15-10(13(16)17)11(18-12)8-3-5-9(14)6-4-8/h3-7H,1-2H3,(H,16,17). The van der Waals surface area contributed by atoms with Crippen LogP contribution in [0.4, 0.5) is 0 Å². The van der Waals surface area contributed by atoms with Gasteiger partial charge in [-0.3, -0.25) is 0 Å². The van der Waals surface area contributed by atoms with Crippen molar-refractivity contribution in [2.24, 2.45) is 0 Å². The van der Waals surface area contributed by atoms with Crippen molar-refractivity contribution in [2.45, 2.75) is 19.8 Å². The Labute approximate surface area is 114 Å².